The van der Waals surface area contributed by atoms with Crippen LogP contribution in [0.3, 0.4) is 0 Å². The van der Waals surface area contributed by atoms with E-state index in [1.54, 1.807) is 0 Å². The van der Waals surface area contributed by atoms with Crippen molar-refractivity contribution in [2.24, 2.45) is 0 Å². The van der Waals surface area contributed by atoms with Crippen LogP contribution in [0.4, 0.5) is 5.69 Å². The monoisotopic (exact) mass is 293 g/mol. The number of rotatable bonds is 2. The van der Waals surface area contributed by atoms with E-state index in [0.717, 1.165) is 24.1 Å². The molecule has 1 aliphatic heterocycles. The molecule has 1 fully saturated rings. The normalized spacial score (nSPS) is 21.2. The number of hydrogen-bond acceptors (Lipinski definition) is 3. The topological polar surface area (TPSA) is 30.3 Å². The Morgan fingerprint density at radius 3 is 3.00 bits per heavy atom. The molecule has 1 unspecified atom stereocenters. The van der Waals surface area contributed by atoms with Gasteiger partial charge in [-0.25, -0.2) is 0 Å². The van der Waals surface area contributed by atoms with E-state index in [1.807, 2.05) is 6.07 Å². The van der Waals surface area contributed by atoms with E-state index in [9.17, 15) is 0 Å². The maximum Gasteiger partial charge on any atom is 0.0638 e. The molecular weight excluding hydrogens is 278 g/mol. The van der Waals surface area contributed by atoms with E-state index < -0.39 is 0 Å². The van der Waals surface area contributed by atoms with Gasteiger partial charge in [0.2, 0.25) is 0 Å². The highest BCUT2D eigenvalue weighted by Crippen LogP contribution is 2.23. The molecule has 0 aliphatic carbocycles. The third-order valence-corrected chi connectivity index (χ3v) is 3.77. The van der Waals surface area contributed by atoms with Crippen molar-refractivity contribution in [1.29, 1.82) is 5.26 Å². The number of anilines is 1. The summed E-state index contributed by atoms with van der Waals surface area (Å²) in [5.41, 5.74) is 1.23. The number of benzene rings is 1. The highest BCUT2D eigenvalue weighted by Gasteiger charge is 2.24. The van der Waals surface area contributed by atoms with Gasteiger partial charge in [-0.15, -0.1) is 0 Å². The van der Waals surface area contributed by atoms with E-state index in [-0.39, 0.29) is 0 Å². The third kappa shape index (κ3) is 2.99. The molecule has 0 bridgehead atoms. The molecule has 90 valence electrons. The molecule has 0 spiro atoms. The van der Waals surface area contributed by atoms with Crippen molar-refractivity contribution >= 4 is 21.6 Å². The molecular formula is C13H16BrN3. The molecule has 1 aromatic rings. The Kier molecular flexibility index (Phi) is 4.03. The van der Waals surface area contributed by atoms with E-state index in [2.05, 4.69) is 57.0 Å². The first-order chi connectivity index (χ1) is 8.20. The molecule has 3 nitrogen and oxygen atoms in total. The van der Waals surface area contributed by atoms with Gasteiger partial charge in [-0.05, 0) is 25.2 Å². The zero-order valence-electron chi connectivity index (χ0n) is 9.93. The largest absolute Gasteiger partial charge is 0.369 e. The quantitative estimate of drug-likeness (QED) is 0.839. The van der Waals surface area contributed by atoms with E-state index in [1.165, 1.54) is 5.69 Å². The highest BCUT2D eigenvalue weighted by atomic mass is 79.9. The van der Waals surface area contributed by atoms with Crippen LogP contribution in [-0.2, 0) is 0 Å². The predicted molar refractivity (Wildman–Crippen MR) is 73.0 cm³/mol. The van der Waals surface area contributed by atoms with Crippen molar-refractivity contribution in [3.8, 4) is 6.07 Å². The molecule has 0 N–H and O–H groups in total. The Labute approximate surface area is 111 Å². The molecule has 17 heavy (non-hydrogen) atoms. The third-order valence-electron chi connectivity index (χ3n) is 3.28. The molecule has 1 atom stereocenters. The maximum atomic E-state index is 8.83. The number of nitrogens with zero attached hydrogens (tertiary/aromatic N) is 3. The second-order valence-electron chi connectivity index (χ2n) is 4.42. The minimum absolute atomic E-state index is 0.340. The molecule has 1 aromatic carbocycles. The van der Waals surface area contributed by atoms with Gasteiger partial charge in [0, 0.05) is 35.8 Å². The van der Waals surface area contributed by atoms with Crippen molar-refractivity contribution in [1.82, 2.24) is 4.90 Å². The number of likely N-dealkylation sites (N-methyl/N-ethyl adjacent to an activating group) is 1. The minimum atomic E-state index is 0.340. The van der Waals surface area contributed by atoms with Crippen LogP contribution >= 0.6 is 15.9 Å². The molecule has 0 amide bonds. The van der Waals surface area contributed by atoms with E-state index in [4.69, 9.17) is 5.26 Å². The Morgan fingerprint density at radius 1 is 1.47 bits per heavy atom. The zero-order chi connectivity index (χ0) is 12.3. The minimum Gasteiger partial charge on any atom is -0.369 e. The van der Waals surface area contributed by atoms with Crippen LogP contribution < -0.4 is 4.90 Å². The molecule has 0 radical (unpaired) electrons. The zero-order valence-corrected chi connectivity index (χ0v) is 11.5. The first-order valence-electron chi connectivity index (χ1n) is 5.78. The average Bonchev–Trinajstić information content (AvgIpc) is 2.32. The summed E-state index contributed by atoms with van der Waals surface area (Å²) in [6.07, 6.45) is 0.598. The van der Waals surface area contributed by atoms with Crippen LogP contribution in [0, 0.1) is 11.3 Å². The standard InChI is InChI=1S/C13H16BrN3/c1-16-7-8-17(10-13(16)5-6-15)12-4-2-3-11(14)9-12/h2-4,9,13H,5,7-8,10H2,1H3. The van der Waals surface area contributed by atoms with Gasteiger partial charge in [0.25, 0.3) is 0 Å². The van der Waals surface area contributed by atoms with Crippen molar-refractivity contribution < 1.29 is 0 Å². The molecule has 0 saturated carbocycles. The van der Waals surface area contributed by atoms with E-state index in [0.29, 0.717) is 12.5 Å². The molecule has 1 saturated heterocycles. The van der Waals surface area contributed by atoms with Crippen LogP contribution in [0.15, 0.2) is 28.7 Å². The van der Waals surface area contributed by atoms with Crippen LogP contribution in [-0.4, -0.2) is 37.6 Å². The van der Waals surface area contributed by atoms with Gasteiger partial charge < -0.3 is 4.90 Å². The lowest BCUT2D eigenvalue weighted by Gasteiger charge is -2.39. The van der Waals surface area contributed by atoms with Gasteiger partial charge in [-0.2, -0.15) is 5.26 Å². The second-order valence-corrected chi connectivity index (χ2v) is 5.34. The van der Waals surface area contributed by atoms with E-state index >= 15 is 0 Å². The van der Waals surface area contributed by atoms with Crippen LogP contribution in [0.1, 0.15) is 6.42 Å². The fraction of sp³-hybridized carbons (Fsp3) is 0.462. The molecule has 0 aromatic heterocycles. The van der Waals surface area contributed by atoms with Crippen LogP contribution in [0.25, 0.3) is 0 Å². The van der Waals surface area contributed by atoms with Gasteiger partial charge in [0.1, 0.15) is 0 Å². The average molecular weight is 294 g/mol. The van der Waals surface area contributed by atoms with Gasteiger partial charge in [0.05, 0.1) is 12.5 Å². The lowest BCUT2D eigenvalue weighted by Crippen LogP contribution is -2.51. The number of halogens is 1. The Balaban J connectivity index is 2.10. The van der Waals surface area contributed by atoms with Crippen LogP contribution in [0.5, 0.6) is 0 Å². The van der Waals surface area contributed by atoms with Crippen LogP contribution in [0.2, 0.25) is 0 Å². The molecule has 1 aliphatic rings. The van der Waals surface area contributed by atoms with Gasteiger partial charge in [-0.3, -0.25) is 4.90 Å². The second kappa shape index (κ2) is 5.52. The fourth-order valence-electron chi connectivity index (χ4n) is 2.18. The fourth-order valence-corrected chi connectivity index (χ4v) is 2.57. The SMILES string of the molecule is CN1CCN(c2cccc(Br)c2)CC1CC#N. The predicted octanol–water partition coefficient (Wildman–Crippen LogP) is 2.48. The van der Waals surface area contributed by atoms with Crippen molar-refractivity contribution in [2.75, 3.05) is 31.6 Å². The highest BCUT2D eigenvalue weighted by molar-refractivity contribution is 9.10. The first-order valence-corrected chi connectivity index (χ1v) is 6.57. The molecule has 4 heteroatoms. The van der Waals surface area contributed by atoms with Crippen molar-refractivity contribution in [3.63, 3.8) is 0 Å². The Hall–Kier alpha value is -1.05. The van der Waals surface area contributed by atoms with Crippen molar-refractivity contribution in [2.45, 2.75) is 12.5 Å². The Bertz CT molecular complexity index is 427. The van der Waals surface area contributed by atoms with Gasteiger partial charge >= 0.3 is 0 Å². The summed E-state index contributed by atoms with van der Waals surface area (Å²) in [6, 6.07) is 11.0. The lowest BCUT2D eigenvalue weighted by atomic mass is 10.1. The lowest BCUT2D eigenvalue weighted by molar-refractivity contribution is 0.221. The summed E-state index contributed by atoms with van der Waals surface area (Å²) < 4.78 is 1.10. The van der Waals surface area contributed by atoms with Gasteiger partial charge in [0.15, 0.2) is 0 Å². The Morgan fingerprint density at radius 2 is 2.29 bits per heavy atom. The summed E-state index contributed by atoms with van der Waals surface area (Å²) >= 11 is 3.50. The summed E-state index contributed by atoms with van der Waals surface area (Å²) in [5, 5.41) is 8.83. The number of piperazine rings is 1. The summed E-state index contributed by atoms with van der Waals surface area (Å²) in [6.45, 7) is 2.97. The number of hydrogen-bond donors (Lipinski definition) is 0. The van der Waals surface area contributed by atoms with Gasteiger partial charge in [-0.1, -0.05) is 22.0 Å². The smallest absolute Gasteiger partial charge is 0.0638 e. The summed E-state index contributed by atoms with van der Waals surface area (Å²) in [7, 11) is 2.10. The maximum absolute atomic E-state index is 8.83. The molecule has 2 rings (SSSR count). The van der Waals surface area contributed by atoms with Crippen molar-refractivity contribution in [3.05, 3.63) is 28.7 Å². The first kappa shape index (κ1) is 12.4. The number of nitriles is 1. The summed E-state index contributed by atoms with van der Waals surface area (Å²) in [5.74, 6) is 0. The molecule has 1 heterocycles. The summed E-state index contributed by atoms with van der Waals surface area (Å²) in [4.78, 5) is 4.63.